The number of nitrogen functional groups attached to an aromatic ring is 1. The molecule has 4 rings (SSSR count). The van der Waals surface area contributed by atoms with Gasteiger partial charge in [0.15, 0.2) is 0 Å². The largest absolute Gasteiger partial charge is 0.490 e. The number of ether oxygens (including phenoxy) is 3. The van der Waals surface area contributed by atoms with E-state index in [0.29, 0.717) is 45.8 Å². The van der Waals surface area contributed by atoms with E-state index in [1.807, 2.05) is 18.2 Å². The van der Waals surface area contributed by atoms with Crippen molar-refractivity contribution in [1.29, 1.82) is 0 Å². The first-order valence-corrected chi connectivity index (χ1v) is 12.1. The first kappa shape index (κ1) is 26.4. The zero-order valence-electron chi connectivity index (χ0n) is 20.5. The van der Waals surface area contributed by atoms with Crippen molar-refractivity contribution < 1.29 is 14.2 Å². The summed E-state index contributed by atoms with van der Waals surface area (Å²) in [6, 6.07) is 9.09. The number of anilines is 3. The fourth-order valence-corrected chi connectivity index (χ4v) is 4.03. The molecular weight excluding hydrogens is 494 g/mol. The Morgan fingerprint density at radius 2 is 2.03 bits per heavy atom. The predicted molar refractivity (Wildman–Crippen MR) is 148 cm³/mol. The van der Waals surface area contributed by atoms with E-state index in [0.717, 1.165) is 43.9 Å². The second-order valence-corrected chi connectivity index (χ2v) is 8.55. The SMILES string of the molecule is C=C/C=C(/COc1ccc(Nc2ncnc3cc(OCCN4CCOCC4)c(NN)cc23)cc1Cl)N=C. The summed E-state index contributed by atoms with van der Waals surface area (Å²) in [4.78, 5) is 15.0. The first-order valence-electron chi connectivity index (χ1n) is 11.8. The summed E-state index contributed by atoms with van der Waals surface area (Å²) >= 11 is 6.45. The van der Waals surface area contributed by atoms with Crippen LogP contribution in [0, 0.1) is 0 Å². The predicted octanol–water partition coefficient (Wildman–Crippen LogP) is 4.17. The molecule has 1 saturated heterocycles. The monoisotopic (exact) mass is 523 g/mol. The quantitative estimate of drug-likeness (QED) is 0.139. The van der Waals surface area contributed by atoms with Gasteiger partial charge >= 0.3 is 0 Å². The van der Waals surface area contributed by atoms with Crippen molar-refractivity contribution in [3.05, 3.63) is 66.1 Å². The topological polar surface area (TPSA) is 119 Å². The fraction of sp³-hybridized carbons (Fsp3) is 0.269. The van der Waals surface area contributed by atoms with Crippen LogP contribution in [-0.4, -0.2) is 67.6 Å². The van der Waals surface area contributed by atoms with Crippen LogP contribution in [0.15, 0.2) is 66.1 Å². The van der Waals surface area contributed by atoms with E-state index in [9.17, 15) is 0 Å². The molecule has 2 aromatic carbocycles. The number of nitrogens with zero attached hydrogens (tertiary/aromatic N) is 4. The Labute approximate surface area is 220 Å². The molecular formula is C26H30ClN7O3. The van der Waals surface area contributed by atoms with Crippen LogP contribution in [-0.2, 0) is 4.74 Å². The average molecular weight is 524 g/mol. The molecule has 0 spiro atoms. The van der Waals surface area contributed by atoms with Gasteiger partial charge in [0.25, 0.3) is 0 Å². The highest BCUT2D eigenvalue weighted by molar-refractivity contribution is 6.32. The second kappa shape index (κ2) is 13.0. The molecule has 0 atom stereocenters. The Balaban J connectivity index is 1.47. The van der Waals surface area contributed by atoms with Crippen molar-refractivity contribution in [2.24, 2.45) is 10.8 Å². The molecule has 0 aliphatic carbocycles. The van der Waals surface area contributed by atoms with Crippen molar-refractivity contribution in [1.82, 2.24) is 14.9 Å². The van der Waals surface area contributed by atoms with Gasteiger partial charge in [-0.25, -0.2) is 9.97 Å². The lowest BCUT2D eigenvalue weighted by molar-refractivity contribution is 0.0323. The highest BCUT2D eigenvalue weighted by Gasteiger charge is 2.14. The van der Waals surface area contributed by atoms with Gasteiger partial charge in [-0.15, -0.1) is 0 Å². The molecule has 0 saturated carbocycles. The lowest BCUT2D eigenvalue weighted by atomic mass is 10.2. The van der Waals surface area contributed by atoms with Crippen LogP contribution in [0.4, 0.5) is 17.2 Å². The third-order valence-electron chi connectivity index (χ3n) is 5.74. The Bertz CT molecular complexity index is 1280. The van der Waals surface area contributed by atoms with Gasteiger partial charge in [0.2, 0.25) is 0 Å². The van der Waals surface area contributed by atoms with E-state index in [2.05, 4.69) is 43.9 Å². The summed E-state index contributed by atoms with van der Waals surface area (Å²) in [5, 5.41) is 4.50. The summed E-state index contributed by atoms with van der Waals surface area (Å²) in [6.07, 6.45) is 4.84. The van der Waals surface area contributed by atoms with Gasteiger partial charge in [0, 0.05) is 36.8 Å². The van der Waals surface area contributed by atoms with Crippen LogP contribution >= 0.6 is 11.6 Å². The molecule has 4 N–H and O–H groups in total. The maximum absolute atomic E-state index is 6.45. The number of nitrogens with one attached hydrogen (secondary N) is 2. The fourth-order valence-electron chi connectivity index (χ4n) is 3.79. The Hall–Kier alpha value is -3.70. The van der Waals surface area contributed by atoms with Crippen LogP contribution in [0.3, 0.4) is 0 Å². The minimum absolute atomic E-state index is 0.226. The molecule has 1 aliphatic rings. The number of nitrogens with two attached hydrogens (primary N) is 1. The van der Waals surface area contributed by atoms with Crippen molar-refractivity contribution in [2.75, 3.05) is 56.8 Å². The maximum atomic E-state index is 6.45. The highest BCUT2D eigenvalue weighted by atomic mass is 35.5. The molecule has 0 radical (unpaired) electrons. The van der Waals surface area contributed by atoms with Gasteiger partial charge in [-0.2, -0.15) is 0 Å². The highest BCUT2D eigenvalue weighted by Crippen LogP contribution is 2.34. The molecule has 2 heterocycles. The second-order valence-electron chi connectivity index (χ2n) is 8.15. The molecule has 10 nitrogen and oxygen atoms in total. The molecule has 1 aliphatic heterocycles. The van der Waals surface area contributed by atoms with Gasteiger partial charge in [-0.3, -0.25) is 15.7 Å². The van der Waals surface area contributed by atoms with Crippen LogP contribution < -0.4 is 26.1 Å². The molecule has 194 valence electrons. The van der Waals surface area contributed by atoms with Gasteiger partial charge < -0.3 is 25.0 Å². The summed E-state index contributed by atoms with van der Waals surface area (Å²) in [7, 11) is 0. The van der Waals surface area contributed by atoms with E-state index >= 15 is 0 Å². The molecule has 3 aromatic rings. The van der Waals surface area contributed by atoms with Gasteiger partial charge in [-0.05, 0) is 37.1 Å². The van der Waals surface area contributed by atoms with Crippen LogP contribution in [0.2, 0.25) is 5.02 Å². The van der Waals surface area contributed by atoms with Crippen LogP contribution in [0.25, 0.3) is 10.9 Å². The number of hydrazine groups is 1. The Kier molecular flexibility index (Phi) is 9.28. The summed E-state index contributed by atoms with van der Waals surface area (Å²) in [5.41, 5.74) is 5.44. The smallest absolute Gasteiger partial charge is 0.145 e. The standard InChI is InChI=1S/C26H30ClN7O3/c1-3-4-19(29-2)16-37-24-6-5-18(13-21(24)27)32-26-20-14-23(33-28)25(15-22(20)30-17-31-26)36-12-9-34-7-10-35-11-8-34/h3-6,13-15,17,33H,1-2,7-12,16,28H2,(H,30,31,32)/b19-4-. The number of aliphatic imine (C=N–C) groups is 1. The number of halogens is 1. The minimum atomic E-state index is 0.226. The summed E-state index contributed by atoms with van der Waals surface area (Å²) < 4.78 is 17.2. The number of morpholine rings is 1. The van der Waals surface area contributed by atoms with Crippen LogP contribution in [0.5, 0.6) is 11.5 Å². The Morgan fingerprint density at radius 1 is 1.19 bits per heavy atom. The zero-order valence-corrected chi connectivity index (χ0v) is 21.2. The molecule has 0 unspecified atom stereocenters. The molecule has 11 heteroatoms. The van der Waals surface area contributed by atoms with Gasteiger partial charge in [0.05, 0.1) is 35.1 Å². The number of allylic oxidation sites excluding steroid dienone is 2. The Morgan fingerprint density at radius 3 is 2.76 bits per heavy atom. The molecule has 1 aromatic heterocycles. The molecule has 0 amide bonds. The minimum Gasteiger partial charge on any atom is -0.490 e. The van der Waals surface area contributed by atoms with Crippen molar-refractivity contribution in [3.63, 3.8) is 0 Å². The van der Waals surface area contributed by atoms with E-state index in [-0.39, 0.29) is 6.61 Å². The average Bonchev–Trinajstić information content (AvgIpc) is 2.92. The number of rotatable bonds is 12. The number of hydrogen-bond donors (Lipinski definition) is 3. The van der Waals surface area contributed by atoms with Crippen molar-refractivity contribution in [2.45, 2.75) is 0 Å². The molecule has 1 fully saturated rings. The van der Waals surface area contributed by atoms with Gasteiger partial charge in [0.1, 0.15) is 36.9 Å². The number of aromatic nitrogens is 2. The van der Waals surface area contributed by atoms with E-state index in [1.165, 1.54) is 6.33 Å². The van der Waals surface area contributed by atoms with E-state index in [4.69, 9.17) is 31.7 Å². The third-order valence-corrected chi connectivity index (χ3v) is 6.04. The number of fused-ring (bicyclic) bond motifs is 1. The van der Waals surface area contributed by atoms with Crippen molar-refractivity contribution >= 4 is 46.4 Å². The molecule has 37 heavy (non-hydrogen) atoms. The normalized spacial score (nSPS) is 14.3. The summed E-state index contributed by atoms with van der Waals surface area (Å²) in [6.45, 7) is 12.0. The number of hydrogen-bond acceptors (Lipinski definition) is 10. The first-order chi connectivity index (χ1) is 18.1. The van der Waals surface area contributed by atoms with Crippen molar-refractivity contribution in [3.8, 4) is 11.5 Å². The third kappa shape index (κ3) is 6.95. The lowest BCUT2D eigenvalue weighted by Crippen LogP contribution is -2.38. The van der Waals surface area contributed by atoms with E-state index < -0.39 is 0 Å². The van der Waals surface area contributed by atoms with Crippen LogP contribution in [0.1, 0.15) is 0 Å². The van der Waals surface area contributed by atoms with E-state index in [1.54, 1.807) is 24.3 Å². The maximum Gasteiger partial charge on any atom is 0.145 e. The zero-order chi connectivity index (χ0) is 26.0. The summed E-state index contributed by atoms with van der Waals surface area (Å²) in [5.74, 6) is 7.54. The number of benzene rings is 2. The van der Waals surface area contributed by atoms with Gasteiger partial charge in [-0.1, -0.05) is 24.3 Å². The molecule has 0 bridgehead atoms. The lowest BCUT2D eigenvalue weighted by Gasteiger charge is -2.26.